The number of aromatic nitrogens is 1. The molecule has 0 unspecified atom stereocenters. The fourth-order valence-electron chi connectivity index (χ4n) is 3.18. The van der Waals surface area contributed by atoms with Crippen LogP contribution in [0.25, 0.3) is 22.2 Å². The summed E-state index contributed by atoms with van der Waals surface area (Å²) in [6.45, 7) is 3.70. The van der Waals surface area contributed by atoms with Gasteiger partial charge in [0.05, 0.1) is 12.1 Å². The highest BCUT2D eigenvalue weighted by Gasteiger charge is 2.24. The molecule has 0 atom stereocenters. The number of hydrogen-bond acceptors (Lipinski definition) is 3. The lowest BCUT2D eigenvalue weighted by molar-refractivity contribution is 0.340. The molecule has 4 rings (SSSR count). The fourth-order valence-corrected chi connectivity index (χ4v) is 3.18. The first-order valence-corrected chi connectivity index (χ1v) is 8.48. The summed E-state index contributed by atoms with van der Waals surface area (Å²) in [4.78, 5) is 10.6. The van der Waals surface area contributed by atoms with Crippen LogP contribution in [0.1, 0.15) is 19.8 Å². The Balaban J connectivity index is 1.84. The van der Waals surface area contributed by atoms with Crippen molar-refractivity contribution in [3.8, 4) is 17.0 Å². The highest BCUT2D eigenvalue weighted by Crippen LogP contribution is 2.37. The molecule has 0 radical (unpaired) electrons. The Bertz CT molecular complexity index is 877. The summed E-state index contributed by atoms with van der Waals surface area (Å²) < 4.78 is 8.06. The van der Waals surface area contributed by atoms with Gasteiger partial charge in [0.2, 0.25) is 0 Å². The summed E-state index contributed by atoms with van der Waals surface area (Å²) in [5, 5.41) is 4.20. The lowest BCUT2D eigenvalue weighted by atomic mass is 10.1. The maximum atomic E-state index is 10.6. The third-order valence-corrected chi connectivity index (χ3v) is 4.59. The van der Waals surface area contributed by atoms with Gasteiger partial charge in [0.1, 0.15) is 11.4 Å². The molecule has 1 aliphatic rings. The number of fused-ring (bicyclic) bond motifs is 1. The third kappa shape index (κ3) is 2.80. The van der Waals surface area contributed by atoms with E-state index in [1.165, 1.54) is 29.4 Å². The molecule has 1 fully saturated rings. The second-order valence-corrected chi connectivity index (χ2v) is 6.38. The molecule has 1 aromatic heterocycles. The van der Waals surface area contributed by atoms with Gasteiger partial charge in [-0.05, 0) is 66.8 Å². The van der Waals surface area contributed by atoms with Gasteiger partial charge in [0.25, 0.3) is 0 Å². The molecule has 4 heteroatoms. The minimum atomic E-state index is 0.460. The number of ether oxygens (including phenoxy) is 1. The van der Waals surface area contributed by atoms with Crippen molar-refractivity contribution in [3.05, 3.63) is 53.4 Å². The van der Waals surface area contributed by atoms with Crippen LogP contribution in [0.2, 0.25) is 0 Å². The van der Waals surface area contributed by atoms with Crippen LogP contribution in [0.15, 0.2) is 53.7 Å². The minimum absolute atomic E-state index is 0.460. The van der Waals surface area contributed by atoms with Crippen LogP contribution in [0, 0.1) is 10.8 Å². The molecular weight excluding hydrogens is 300 g/mol. The van der Waals surface area contributed by atoms with E-state index in [1.807, 2.05) is 25.1 Å². The standard InChI is InChI=1S/C20H20N2O2/c1-2-24-18-10-7-16-11-19(15-5-8-17(21-23)9-6-15)22(20(16)12-18)13-14-3-4-14/h5-12,14H,2-4,13H2,1H3. The summed E-state index contributed by atoms with van der Waals surface area (Å²) in [5.41, 5.74) is 3.96. The lowest BCUT2D eigenvalue weighted by Gasteiger charge is -2.11. The van der Waals surface area contributed by atoms with Crippen molar-refractivity contribution < 1.29 is 4.74 Å². The Morgan fingerprint density at radius 3 is 2.58 bits per heavy atom. The summed E-state index contributed by atoms with van der Waals surface area (Å²) >= 11 is 0. The van der Waals surface area contributed by atoms with Crippen LogP contribution in [0.4, 0.5) is 5.69 Å². The highest BCUT2D eigenvalue weighted by molar-refractivity contribution is 5.88. The van der Waals surface area contributed by atoms with Crippen molar-refractivity contribution in [2.45, 2.75) is 26.3 Å². The van der Waals surface area contributed by atoms with Crippen molar-refractivity contribution in [2.75, 3.05) is 6.61 Å². The predicted octanol–water partition coefficient (Wildman–Crippen LogP) is 5.51. The smallest absolute Gasteiger partial charge is 0.121 e. The molecule has 0 N–H and O–H groups in total. The maximum Gasteiger partial charge on any atom is 0.121 e. The van der Waals surface area contributed by atoms with Crippen LogP contribution in [0.3, 0.4) is 0 Å². The second kappa shape index (κ2) is 6.11. The lowest BCUT2D eigenvalue weighted by Crippen LogP contribution is -2.02. The first kappa shape index (κ1) is 14.9. The quantitative estimate of drug-likeness (QED) is 0.562. The number of hydrogen-bond donors (Lipinski definition) is 0. The number of rotatable bonds is 6. The SMILES string of the molecule is CCOc1ccc2cc(-c3ccc(N=O)cc3)n(CC3CC3)c2c1. The normalized spacial score (nSPS) is 14.0. The van der Waals surface area contributed by atoms with Gasteiger partial charge < -0.3 is 9.30 Å². The predicted molar refractivity (Wildman–Crippen MR) is 96.7 cm³/mol. The van der Waals surface area contributed by atoms with E-state index in [9.17, 15) is 4.91 Å². The van der Waals surface area contributed by atoms with Crippen molar-refractivity contribution in [3.63, 3.8) is 0 Å². The first-order chi connectivity index (χ1) is 11.8. The Morgan fingerprint density at radius 1 is 1.12 bits per heavy atom. The molecule has 3 aromatic rings. The molecule has 1 saturated carbocycles. The zero-order valence-electron chi connectivity index (χ0n) is 13.7. The van der Waals surface area contributed by atoms with Crippen LogP contribution in [0.5, 0.6) is 5.75 Å². The van der Waals surface area contributed by atoms with Gasteiger partial charge in [-0.2, -0.15) is 0 Å². The molecule has 24 heavy (non-hydrogen) atoms. The van der Waals surface area contributed by atoms with Gasteiger partial charge in [-0.1, -0.05) is 12.1 Å². The largest absolute Gasteiger partial charge is 0.494 e. The molecule has 1 aliphatic carbocycles. The van der Waals surface area contributed by atoms with E-state index in [2.05, 4.69) is 27.9 Å². The molecule has 0 saturated heterocycles. The van der Waals surface area contributed by atoms with Crippen molar-refractivity contribution in [2.24, 2.45) is 11.1 Å². The molecular formula is C20H20N2O2. The van der Waals surface area contributed by atoms with Gasteiger partial charge in [0.15, 0.2) is 0 Å². The minimum Gasteiger partial charge on any atom is -0.494 e. The summed E-state index contributed by atoms with van der Waals surface area (Å²) in [5.74, 6) is 1.68. The van der Waals surface area contributed by atoms with Gasteiger partial charge >= 0.3 is 0 Å². The summed E-state index contributed by atoms with van der Waals surface area (Å²) in [6, 6.07) is 16.0. The zero-order chi connectivity index (χ0) is 16.5. The molecule has 122 valence electrons. The van der Waals surface area contributed by atoms with E-state index in [0.29, 0.717) is 12.3 Å². The van der Waals surface area contributed by atoms with Crippen LogP contribution in [-0.2, 0) is 6.54 Å². The zero-order valence-corrected chi connectivity index (χ0v) is 13.7. The van der Waals surface area contributed by atoms with Gasteiger partial charge in [-0.15, -0.1) is 4.91 Å². The molecule has 1 heterocycles. The molecule has 0 bridgehead atoms. The molecule has 0 amide bonds. The molecule has 4 nitrogen and oxygen atoms in total. The van der Waals surface area contributed by atoms with E-state index in [0.717, 1.165) is 23.8 Å². The molecule has 2 aromatic carbocycles. The van der Waals surface area contributed by atoms with Crippen molar-refractivity contribution >= 4 is 16.6 Å². The molecule has 0 aliphatic heterocycles. The highest BCUT2D eigenvalue weighted by atomic mass is 16.5. The average molecular weight is 320 g/mol. The van der Waals surface area contributed by atoms with E-state index >= 15 is 0 Å². The van der Waals surface area contributed by atoms with E-state index in [-0.39, 0.29) is 0 Å². The first-order valence-electron chi connectivity index (χ1n) is 8.48. The fraction of sp³-hybridized carbons (Fsp3) is 0.300. The Morgan fingerprint density at radius 2 is 1.92 bits per heavy atom. The van der Waals surface area contributed by atoms with Gasteiger partial charge in [-0.25, -0.2) is 0 Å². The third-order valence-electron chi connectivity index (χ3n) is 4.59. The maximum absolute atomic E-state index is 10.6. The number of nitroso groups, excluding NO2 is 1. The van der Waals surface area contributed by atoms with Gasteiger partial charge in [-0.3, -0.25) is 0 Å². The Kier molecular flexibility index (Phi) is 3.81. The van der Waals surface area contributed by atoms with Crippen LogP contribution < -0.4 is 4.74 Å². The Labute approximate surface area is 141 Å². The summed E-state index contributed by atoms with van der Waals surface area (Å²) in [6.07, 6.45) is 2.61. The van der Waals surface area contributed by atoms with Crippen LogP contribution >= 0.6 is 0 Å². The van der Waals surface area contributed by atoms with Gasteiger partial charge in [0, 0.05) is 23.7 Å². The molecule has 0 spiro atoms. The summed E-state index contributed by atoms with van der Waals surface area (Å²) in [7, 11) is 0. The average Bonchev–Trinajstić information content (AvgIpc) is 3.37. The van der Waals surface area contributed by atoms with E-state index in [4.69, 9.17) is 4.74 Å². The van der Waals surface area contributed by atoms with Crippen molar-refractivity contribution in [1.29, 1.82) is 0 Å². The Hall–Kier alpha value is -2.62. The second-order valence-electron chi connectivity index (χ2n) is 6.38. The number of benzene rings is 2. The topological polar surface area (TPSA) is 43.6 Å². The van der Waals surface area contributed by atoms with Crippen LogP contribution in [-0.4, -0.2) is 11.2 Å². The monoisotopic (exact) mass is 320 g/mol. The number of nitrogens with zero attached hydrogens (tertiary/aromatic N) is 2. The van der Waals surface area contributed by atoms with Crippen molar-refractivity contribution in [1.82, 2.24) is 4.57 Å². The van der Waals surface area contributed by atoms with E-state index in [1.54, 1.807) is 12.1 Å². The van der Waals surface area contributed by atoms with E-state index < -0.39 is 0 Å².